The zero-order valence-electron chi connectivity index (χ0n) is 12.9. The highest BCUT2D eigenvalue weighted by Crippen LogP contribution is 2.34. The van der Waals surface area contributed by atoms with Crippen molar-refractivity contribution in [1.29, 1.82) is 0 Å². The van der Waals surface area contributed by atoms with Crippen LogP contribution in [0.1, 0.15) is 25.8 Å². The molecular formula is C16H19NO4S. The summed E-state index contributed by atoms with van der Waals surface area (Å²) in [6, 6.07) is 5.45. The molecule has 118 valence electrons. The molecule has 1 saturated heterocycles. The van der Waals surface area contributed by atoms with Crippen molar-refractivity contribution in [2.24, 2.45) is 0 Å². The van der Waals surface area contributed by atoms with E-state index in [1.54, 1.807) is 26.2 Å². The van der Waals surface area contributed by atoms with Crippen molar-refractivity contribution in [1.82, 2.24) is 4.90 Å². The van der Waals surface area contributed by atoms with Crippen LogP contribution in [0, 0.1) is 0 Å². The molecule has 0 radical (unpaired) electrons. The van der Waals surface area contributed by atoms with Crippen LogP contribution in [0.3, 0.4) is 0 Å². The summed E-state index contributed by atoms with van der Waals surface area (Å²) in [6.07, 6.45) is 2.61. The van der Waals surface area contributed by atoms with E-state index in [2.05, 4.69) is 0 Å². The number of nitrogens with zero attached hydrogens (tertiary/aromatic N) is 1. The number of methoxy groups -OCH3 is 1. The topological polar surface area (TPSA) is 55.8 Å². The summed E-state index contributed by atoms with van der Waals surface area (Å²) < 4.78 is 10.9. The molecule has 1 aromatic carbocycles. The molecular weight excluding hydrogens is 302 g/mol. The van der Waals surface area contributed by atoms with Gasteiger partial charge < -0.3 is 9.47 Å². The Morgan fingerprint density at radius 2 is 2.00 bits per heavy atom. The first-order chi connectivity index (χ1) is 10.6. The Kier molecular flexibility index (Phi) is 5.49. The second-order valence-electron chi connectivity index (χ2n) is 4.68. The Morgan fingerprint density at radius 1 is 1.23 bits per heavy atom. The smallest absolute Gasteiger partial charge is 0.293 e. The number of ether oxygens (including phenoxy) is 2. The summed E-state index contributed by atoms with van der Waals surface area (Å²) in [7, 11) is 1.57. The first-order valence-electron chi connectivity index (χ1n) is 7.16. The van der Waals surface area contributed by atoms with E-state index in [9.17, 15) is 9.59 Å². The molecule has 2 rings (SSSR count). The lowest BCUT2D eigenvalue weighted by atomic mass is 10.2. The lowest BCUT2D eigenvalue weighted by Crippen LogP contribution is -2.27. The van der Waals surface area contributed by atoms with Crippen molar-refractivity contribution in [2.75, 3.05) is 20.3 Å². The van der Waals surface area contributed by atoms with E-state index in [1.807, 2.05) is 19.1 Å². The van der Waals surface area contributed by atoms with Crippen molar-refractivity contribution in [3.05, 3.63) is 28.7 Å². The molecule has 22 heavy (non-hydrogen) atoms. The van der Waals surface area contributed by atoms with Gasteiger partial charge in [0.2, 0.25) is 0 Å². The summed E-state index contributed by atoms with van der Waals surface area (Å²) in [5, 5.41) is -0.228. The molecule has 1 aromatic rings. The Balaban J connectivity index is 2.25. The van der Waals surface area contributed by atoms with Crippen molar-refractivity contribution in [3.63, 3.8) is 0 Å². The average Bonchev–Trinajstić information content (AvgIpc) is 2.79. The zero-order chi connectivity index (χ0) is 16.1. The second-order valence-corrected chi connectivity index (χ2v) is 5.68. The van der Waals surface area contributed by atoms with E-state index in [4.69, 9.17) is 9.47 Å². The second kappa shape index (κ2) is 7.35. The normalized spacial score (nSPS) is 16.5. The molecule has 0 spiro atoms. The number of imide groups is 1. The molecule has 1 aliphatic heterocycles. The van der Waals surface area contributed by atoms with Gasteiger partial charge in [-0.25, -0.2) is 0 Å². The van der Waals surface area contributed by atoms with Crippen LogP contribution < -0.4 is 9.47 Å². The highest BCUT2D eigenvalue weighted by molar-refractivity contribution is 8.18. The van der Waals surface area contributed by atoms with Gasteiger partial charge >= 0.3 is 0 Å². The third kappa shape index (κ3) is 3.44. The molecule has 0 N–H and O–H groups in total. The summed E-state index contributed by atoms with van der Waals surface area (Å²) in [5.41, 5.74) is 0.794. The number of benzene rings is 1. The Bertz CT molecular complexity index is 612. The first kappa shape index (κ1) is 16.4. The molecule has 6 heteroatoms. The zero-order valence-corrected chi connectivity index (χ0v) is 13.7. The summed E-state index contributed by atoms with van der Waals surface area (Å²) >= 11 is 0.959. The third-order valence-corrected chi connectivity index (χ3v) is 4.04. The largest absolute Gasteiger partial charge is 0.493 e. The molecule has 1 heterocycles. The molecule has 2 amide bonds. The third-order valence-electron chi connectivity index (χ3n) is 3.14. The van der Waals surface area contributed by atoms with Crippen LogP contribution in [0.4, 0.5) is 4.79 Å². The number of rotatable bonds is 6. The molecule has 0 atom stereocenters. The SMILES string of the molecule is CCCOc1ccc(/C=C2/SC(=O)N(CC)C2=O)cc1OC. The van der Waals surface area contributed by atoms with Crippen LogP contribution >= 0.6 is 11.8 Å². The highest BCUT2D eigenvalue weighted by atomic mass is 32.2. The maximum Gasteiger partial charge on any atom is 0.293 e. The fourth-order valence-corrected chi connectivity index (χ4v) is 2.93. The van der Waals surface area contributed by atoms with Gasteiger partial charge in [-0.3, -0.25) is 14.5 Å². The van der Waals surface area contributed by atoms with Gasteiger partial charge in [0, 0.05) is 6.54 Å². The van der Waals surface area contributed by atoms with E-state index in [1.165, 1.54) is 4.90 Å². The number of hydrogen-bond donors (Lipinski definition) is 0. The minimum Gasteiger partial charge on any atom is -0.493 e. The number of thioether (sulfide) groups is 1. The van der Waals surface area contributed by atoms with Crippen LogP contribution in [0.2, 0.25) is 0 Å². The number of carbonyl (C=O) groups excluding carboxylic acids is 2. The monoisotopic (exact) mass is 321 g/mol. The van der Waals surface area contributed by atoms with Crippen LogP contribution in [-0.2, 0) is 4.79 Å². The summed E-state index contributed by atoms with van der Waals surface area (Å²) in [6.45, 7) is 4.81. The van der Waals surface area contributed by atoms with E-state index >= 15 is 0 Å². The number of amides is 2. The minimum absolute atomic E-state index is 0.228. The first-order valence-corrected chi connectivity index (χ1v) is 7.98. The van der Waals surface area contributed by atoms with E-state index in [-0.39, 0.29) is 11.1 Å². The molecule has 5 nitrogen and oxygen atoms in total. The van der Waals surface area contributed by atoms with Crippen molar-refractivity contribution >= 4 is 29.0 Å². The highest BCUT2D eigenvalue weighted by Gasteiger charge is 2.33. The fraction of sp³-hybridized carbons (Fsp3) is 0.375. The predicted molar refractivity (Wildman–Crippen MR) is 87.1 cm³/mol. The fourth-order valence-electron chi connectivity index (χ4n) is 2.03. The molecule has 0 saturated carbocycles. The standard InChI is InChI=1S/C16H19NO4S/c1-4-8-21-12-7-6-11(9-13(12)20-3)10-14-15(18)17(5-2)16(19)22-14/h6-7,9-10H,4-5,8H2,1-3H3/b14-10+. The average molecular weight is 321 g/mol. The Morgan fingerprint density at radius 3 is 2.59 bits per heavy atom. The van der Waals surface area contributed by atoms with E-state index < -0.39 is 0 Å². The van der Waals surface area contributed by atoms with Crippen molar-refractivity contribution < 1.29 is 19.1 Å². The molecule has 1 fully saturated rings. The molecule has 0 unspecified atom stereocenters. The van der Waals surface area contributed by atoms with Gasteiger partial charge in [0.1, 0.15) is 0 Å². The molecule has 0 aliphatic carbocycles. The predicted octanol–water partition coefficient (Wildman–Crippen LogP) is 3.54. The van der Waals surface area contributed by atoms with Gasteiger partial charge in [-0.1, -0.05) is 13.0 Å². The van der Waals surface area contributed by atoms with Crippen molar-refractivity contribution in [2.45, 2.75) is 20.3 Å². The van der Waals surface area contributed by atoms with Gasteiger partial charge in [0.15, 0.2) is 11.5 Å². The summed E-state index contributed by atoms with van der Waals surface area (Å²) in [4.78, 5) is 25.4. The summed E-state index contributed by atoms with van der Waals surface area (Å²) in [5.74, 6) is 1.03. The van der Waals surface area contributed by atoms with E-state index in [0.29, 0.717) is 29.6 Å². The number of carbonyl (C=O) groups is 2. The van der Waals surface area contributed by atoms with Gasteiger partial charge in [0.25, 0.3) is 11.1 Å². The Labute approximate surface area is 134 Å². The number of likely N-dealkylation sites (N-methyl/N-ethyl adjacent to an activating group) is 1. The van der Waals surface area contributed by atoms with E-state index in [0.717, 1.165) is 23.7 Å². The van der Waals surface area contributed by atoms with Gasteiger partial charge in [-0.2, -0.15) is 0 Å². The number of hydrogen-bond acceptors (Lipinski definition) is 5. The van der Waals surface area contributed by atoms with Gasteiger partial charge in [-0.15, -0.1) is 0 Å². The molecule has 1 aliphatic rings. The quantitative estimate of drug-likeness (QED) is 0.750. The van der Waals surface area contributed by atoms with Gasteiger partial charge in [0.05, 0.1) is 18.6 Å². The van der Waals surface area contributed by atoms with Crippen molar-refractivity contribution in [3.8, 4) is 11.5 Å². The maximum atomic E-state index is 12.1. The lowest BCUT2D eigenvalue weighted by molar-refractivity contribution is -0.122. The molecule has 0 bridgehead atoms. The van der Waals surface area contributed by atoms with Crippen LogP contribution in [0.15, 0.2) is 23.1 Å². The Hall–Kier alpha value is -1.95. The lowest BCUT2D eigenvalue weighted by Gasteiger charge is -2.10. The maximum absolute atomic E-state index is 12.1. The minimum atomic E-state index is -0.247. The molecule has 0 aromatic heterocycles. The van der Waals surface area contributed by atoms with Crippen LogP contribution in [0.5, 0.6) is 11.5 Å². The van der Waals surface area contributed by atoms with Gasteiger partial charge in [-0.05, 0) is 48.9 Å². The van der Waals surface area contributed by atoms with Crippen LogP contribution in [0.25, 0.3) is 6.08 Å². The van der Waals surface area contributed by atoms with Crippen LogP contribution in [-0.4, -0.2) is 36.3 Å².